The maximum absolute atomic E-state index is 11.8. The summed E-state index contributed by atoms with van der Waals surface area (Å²) in [5, 5.41) is 0. The van der Waals surface area contributed by atoms with Gasteiger partial charge in [-0.15, -0.1) is 0 Å². The van der Waals surface area contributed by atoms with Gasteiger partial charge in [0.25, 0.3) is 0 Å². The van der Waals surface area contributed by atoms with Crippen LogP contribution in [0.2, 0.25) is 0 Å². The first-order valence-corrected chi connectivity index (χ1v) is 9.34. The highest BCUT2D eigenvalue weighted by molar-refractivity contribution is 7.98. The maximum atomic E-state index is 11.8. The molecule has 6 nitrogen and oxygen atoms in total. The zero-order valence-electron chi connectivity index (χ0n) is 11.8. The van der Waals surface area contributed by atoms with Gasteiger partial charge in [0.05, 0.1) is 23.4 Å². The number of hydrogen-bond acceptors (Lipinski definition) is 7. The summed E-state index contributed by atoms with van der Waals surface area (Å²) in [5.74, 6) is 0.358. The van der Waals surface area contributed by atoms with E-state index in [0.717, 1.165) is 12.0 Å². The molecular weight excluding hydrogens is 314 g/mol. The third-order valence-electron chi connectivity index (χ3n) is 2.64. The van der Waals surface area contributed by atoms with Crippen molar-refractivity contribution in [2.75, 3.05) is 18.3 Å². The Morgan fingerprint density at radius 2 is 2.14 bits per heavy atom. The number of cyclic esters (lactones) is 1. The van der Waals surface area contributed by atoms with Crippen LogP contribution in [0.5, 0.6) is 5.75 Å². The highest BCUT2D eigenvalue weighted by Gasteiger charge is 2.32. The van der Waals surface area contributed by atoms with E-state index in [1.54, 1.807) is 17.8 Å². The highest BCUT2D eigenvalue weighted by Crippen LogP contribution is 2.31. The van der Waals surface area contributed by atoms with E-state index < -0.39 is 16.1 Å². The zero-order valence-corrected chi connectivity index (χ0v) is 13.5. The Morgan fingerprint density at radius 1 is 1.43 bits per heavy atom. The van der Waals surface area contributed by atoms with Gasteiger partial charge in [0.2, 0.25) is 5.90 Å². The van der Waals surface area contributed by atoms with Gasteiger partial charge in [-0.05, 0) is 25.3 Å². The van der Waals surface area contributed by atoms with Gasteiger partial charge in [0.15, 0.2) is 5.75 Å². The summed E-state index contributed by atoms with van der Waals surface area (Å²) in [4.78, 5) is 16.1. The Morgan fingerprint density at radius 3 is 2.76 bits per heavy atom. The second-order valence-electron chi connectivity index (χ2n) is 4.59. The lowest BCUT2D eigenvalue weighted by Crippen LogP contribution is -2.12. The standard InChI is InChI=1S/C13H15NO5S2/c1-8(7-20-2)14-12-11-9(13(15)18-12)5-4-6-10(11)19-21(3,16)17/h4-6,8H,7H2,1-3H3. The van der Waals surface area contributed by atoms with Gasteiger partial charge in [-0.1, -0.05) is 6.07 Å². The summed E-state index contributed by atoms with van der Waals surface area (Å²) in [6, 6.07) is 4.49. The molecule has 1 atom stereocenters. The number of nitrogens with zero attached hydrogens (tertiary/aromatic N) is 1. The van der Waals surface area contributed by atoms with Crippen LogP contribution >= 0.6 is 11.8 Å². The third kappa shape index (κ3) is 3.76. The maximum Gasteiger partial charge on any atom is 0.345 e. The van der Waals surface area contributed by atoms with E-state index in [2.05, 4.69) is 4.99 Å². The average Bonchev–Trinajstić information content (AvgIpc) is 2.66. The van der Waals surface area contributed by atoms with Gasteiger partial charge in [0.1, 0.15) is 0 Å². The summed E-state index contributed by atoms with van der Waals surface area (Å²) in [6.45, 7) is 1.88. The normalized spacial score (nSPS) is 17.5. The van der Waals surface area contributed by atoms with Crippen molar-refractivity contribution >= 4 is 33.7 Å². The van der Waals surface area contributed by atoms with Crippen molar-refractivity contribution in [3.63, 3.8) is 0 Å². The molecule has 0 N–H and O–H groups in total. The average molecular weight is 329 g/mol. The molecule has 0 aromatic heterocycles. The lowest BCUT2D eigenvalue weighted by Gasteiger charge is -2.08. The van der Waals surface area contributed by atoms with Crippen molar-refractivity contribution in [2.45, 2.75) is 13.0 Å². The number of esters is 1. The minimum Gasteiger partial charge on any atom is -0.403 e. The fourth-order valence-corrected chi connectivity index (χ4v) is 2.94. The fraction of sp³-hybridized carbons (Fsp3) is 0.385. The van der Waals surface area contributed by atoms with Crippen LogP contribution in [0, 0.1) is 0 Å². The molecule has 1 unspecified atom stereocenters. The van der Waals surface area contributed by atoms with Crippen molar-refractivity contribution in [3.8, 4) is 5.75 Å². The SMILES string of the molecule is CSCC(C)N=C1OC(=O)c2cccc(OS(C)(=O)=O)c21. The predicted molar refractivity (Wildman–Crippen MR) is 81.7 cm³/mol. The zero-order chi connectivity index (χ0) is 15.6. The minimum atomic E-state index is -3.70. The van der Waals surface area contributed by atoms with Gasteiger partial charge < -0.3 is 8.92 Å². The molecule has 0 aliphatic carbocycles. The van der Waals surface area contributed by atoms with Crippen LogP contribution in [0.4, 0.5) is 0 Å². The van der Waals surface area contributed by atoms with Crippen LogP contribution < -0.4 is 4.18 Å². The Bertz CT molecular complexity index is 697. The minimum absolute atomic E-state index is 0.0518. The van der Waals surface area contributed by atoms with Crippen molar-refractivity contribution in [3.05, 3.63) is 29.3 Å². The van der Waals surface area contributed by atoms with Crippen molar-refractivity contribution in [2.24, 2.45) is 4.99 Å². The molecule has 0 bridgehead atoms. The Balaban J connectivity index is 2.48. The summed E-state index contributed by atoms with van der Waals surface area (Å²) in [6.07, 6.45) is 2.89. The number of carbonyl (C=O) groups is 1. The van der Waals surface area contributed by atoms with Crippen LogP contribution in [0.25, 0.3) is 0 Å². The Labute approximate surface area is 127 Å². The molecule has 0 radical (unpaired) electrons. The first-order valence-electron chi connectivity index (χ1n) is 6.13. The van der Waals surface area contributed by atoms with E-state index >= 15 is 0 Å². The molecule has 2 rings (SSSR count). The predicted octanol–water partition coefficient (Wildman–Crippen LogP) is 1.69. The molecule has 1 aliphatic rings. The highest BCUT2D eigenvalue weighted by atomic mass is 32.2. The number of thioether (sulfide) groups is 1. The molecule has 1 aliphatic heterocycles. The lowest BCUT2D eigenvalue weighted by atomic mass is 10.1. The van der Waals surface area contributed by atoms with Crippen molar-refractivity contribution in [1.82, 2.24) is 0 Å². The quantitative estimate of drug-likeness (QED) is 0.604. The van der Waals surface area contributed by atoms with Gasteiger partial charge in [-0.2, -0.15) is 20.2 Å². The van der Waals surface area contributed by atoms with Crippen LogP contribution in [0.1, 0.15) is 22.8 Å². The summed E-state index contributed by atoms with van der Waals surface area (Å²) < 4.78 is 32.7. The summed E-state index contributed by atoms with van der Waals surface area (Å²) in [5.41, 5.74) is 0.548. The number of benzene rings is 1. The summed E-state index contributed by atoms with van der Waals surface area (Å²) >= 11 is 1.61. The van der Waals surface area contributed by atoms with Crippen LogP contribution in [-0.2, 0) is 14.9 Å². The number of carbonyl (C=O) groups excluding carboxylic acids is 1. The van der Waals surface area contributed by atoms with E-state index in [9.17, 15) is 13.2 Å². The first kappa shape index (κ1) is 15.8. The molecule has 1 heterocycles. The van der Waals surface area contributed by atoms with E-state index in [1.165, 1.54) is 12.1 Å². The van der Waals surface area contributed by atoms with Gasteiger partial charge >= 0.3 is 16.1 Å². The van der Waals surface area contributed by atoms with Crippen LogP contribution in [-0.4, -0.2) is 44.6 Å². The topological polar surface area (TPSA) is 82.0 Å². The number of aliphatic imine (C=N–C) groups is 1. The lowest BCUT2D eigenvalue weighted by molar-refractivity contribution is 0.0736. The smallest absolute Gasteiger partial charge is 0.345 e. The molecule has 0 saturated carbocycles. The molecule has 0 fully saturated rings. The summed E-state index contributed by atoms with van der Waals surface area (Å²) in [7, 11) is -3.70. The van der Waals surface area contributed by atoms with Crippen molar-refractivity contribution < 1.29 is 22.1 Å². The first-order chi connectivity index (χ1) is 9.81. The second-order valence-corrected chi connectivity index (χ2v) is 7.08. The fourth-order valence-electron chi connectivity index (χ4n) is 1.92. The molecule has 114 valence electrons. The largest absolute Gasteiger partial charge is 0.403 e. The molecule has 0 saturated heterocycles. The van der Waals surface area contributed by atoms with E-state index in [1.807, 2.05) is 13.2 Å². The molecule has 1 aromatic rings. The molecule has 0 amide bonds. The number of hydrogen-bond donors (Lipinski definition) is 0. The van der Waals surface area contributed by atoms with Gasteiger partial charge in [-0.25, -0.2) is 9.79 Å². The van der Waals surface area contributed by atoms with Gasteiger partial charge in [-0.3, -0.25) is 0 Å². The Kier molecular flexibility index (Phi) is 4.58. The van der Waals surface area contributed by atoms with Crippen molar-refractivity contribution in [1.29, 1.82) is 0 Å². The molecule has 0 spiro atoms. The molecule has 8 heteroatoms. The Hall–Kier alpha value is -1.54. The third-order valence-corrected chi connectivity index (χ3v) is 3.93. The second kappa shape index (κ2) is 6.07. The number of fused-ring (bicyclic) bond motifs is 1. The molecule has 1 aromatic carbocycles. The molecule has 21 heavy (non-hydrogen) atoms. The number of rotatable bonds is 5. The number of ether oxygens (including phenoxy) is 1. The van der Waals surface area contributed by atoms with E-state index in [0.29, 0.717) is 5.56 Å². The van der Waals surface area contributed by atoms with Crippen LogP contribution in [0.15, 0.2) is 23.2 Å². The van der Waals surface area contributed by atoms with E-state index in [4.69, 9.17) is 8.92 Å². The monoisotopic (exact) mass is 329 g/mol. The molecular formula is C13H15NO5S2. The van der Waals surface area contributed by atoms with Crippen LogP contribution in [0.3, 0.4) is 0 Å². The van der Waals surface area contributed by atoms with Gasteiger partial charge in [0, 0.05) is 5.75 Å². The van der Waals surface area contributed by atoms with E-state index in [-0.39, 0.29) is 23.3 Å².